The number of nitrogens with one attached hydrogen (secondary N) is 1. The highest BCUT2D eigenvalue weighted by atomic mass is 16.3. The molecular weight excluding hydrogens is 206 g/mol. The van der Waals surface area contributed by atoms with Gasteiger partial charge in [-0.25, -0.2) is 0 Å². The van der Waals surface area contributed by atoms with Crippen LogP contribution in [0.25, 0.3) is 11.0 Å². The number of likely N-dealkylation sites (N-methyl/N-ethyl adjacent to an activating group) is 1. The fraction of sp³-hybridized carbons (Fsp3) is 0.333. The van der Waals surface area contributed by atoms with Crippen LogP contribution in [0.5, 0.6) is 0 Å². The van der Waals surface area contributed by atoms with Crippen LogP contribution in [0.1, 0.15) is 11.7 Å². The van der Waals surface area contributed by atoms with E-state index in [0.717, 1.165) is 16.5 Å². The molecule has 4 nitrogen and oxygen atoms in total. The molecule has 0 fully saturated rings. The molecule has 1 heterocycles. The Morgan fingerprint density at radius 1 is 1.38 bits per heavy atom. The van der Waals surface area contributed by atoms with Crippen LogP contribution >= 0.6 is 0 Å². The third-order valence-electron chi connectivity index (χ3n) is 2.77. The Morgan fingerprint density at radius 2 is 2.19 bits per heavy atom. The van der Waals surface area contributed by atoms with Gasteiger partial charge in [0.1, 0.15) is 5.58 Å². The second-order valence-corrected chi connectivity index (χ2v) is 3.74. The number of hydrogen-bond acceptors (Lipinski definition) is 4. The van der Waals surface area contributed by atoms with Crippen LogP contribution in [0, 0.1) is 0 Å². The lowest BCUT2D eigenvalue weighted by atomic mass is 10.0. The average molecular weight is 221 g/mol. The van der Waals surface area contributed by atoms with Gasteiger partial charge in [0.15, 0.2) is 0 Å². The summed E-state index contributed by atoms with van der Waals surface area (Å²) in [6, 6.07) is 6.97. The Labute approximate surface area is 93.5 Å². The first-order valence-corrected chi connectivity index (χ1v) is 5.19. The van der Waals surface area contributed by atoms with E-state index in [-0.39, 0.29) is 12.6 Å². The van der Waals surface area contributed by atoms with Crippen molar-refractivity contribution in [2.75, 3.05) is 13.7 Å². The molecule has 2 rings (SSSR count). The normalized spacial score (nSPS) is 15.2. The molecule has 0 saturated carbocycles. The zero-order valence-corrected chi connectivity index (χ0v) is 9.05. The SMILES string of the molecule is CNC(CO)C(O)c1ccc2occc2c1. The fourth-order valence-electron chi connectivity index (χ4n) is 1.75. The van der Waals surface area contributed by atoms with E-state index < -0.39 is 6.10 Å². The summed E-state index contributed by atoms with van der Waals surface area (Å²) in [6.45, 7) is -0.110. The highest BCUT2D eigenvalue weighted by Gasteiger charge is 2.18. The third kappa shape index (κ3) is 1.95. The van der Waals surface area contributed by atoms with E-state index in [0.29, 0.717) is 0 Å². The summed E-state index contributed by atoms with van der Waals surface area (Å²) in [7, 11) is 1.71. The van der Waals surface area contributed by atoms with Gasteiger partial charge in [-0.2, -0.15) is 0 Å². The summed E-state index contributed by atoms with van der Waals surface area (Å²) >= 11 is 0. The molecule has 4 heteroatoms. The lowest BCUT2D eigenvalue weighted by molar-refractivity contribution is 0.0943. The van der Waals surface area contributed by atoms with Gasteiger partial charge in [0.2, 0.25) is 0 Å². The molecule has 2 aromatic rings. The highest BCUT2D eigenvalue weighted by molar-refractivity contribution is 5.77. The predicted molar refractivity (Wildman–Crippen MR) is 61.1 cm³/mol. The summed E-state index contributed by atoms with van der Waals surface area (Å²) in [5.74, 6) is 0. The number of rotatable bonds is 4. The summed E-state index contributed by atoms with van der Waals surface area (Å²) in [5, 5.41) is 22.9. The number of aliphatic hydroxyl groups is 2. The highest BCUT2D eigenvalue weighted by Crippen LogP contribution is 2.23. The van der Waals surface area contributed by atoms with Crippen molar-refractivity contribution in [2.24, 2.45) is 0 Å². The van der Waals surface area contributed by atoms with Crippen molar-refractivity contribution in [3.05, 3.63) is 36.1 Å². The van der Waals surface area contributed by atoms with Crippen molar-refractivity contribution in [1.82, 2.24) is 5.32 Å². The average Bonchev–Trinajstić information content (AvgIpc) is 2.77. The van der Waals surface area contributed by atoms with E-state index >= 15 is 0 Å². The second-order valence-electron chi connectivity index (χ2n) is 3.74. The summed E-state index contributed by atoms with van der Waals surface area (Å²) in [4.78, 5) is 0. The molecule has 0 aliphatic heterocycles. The Bertz CT molecular complexity index is 462. The Morgan fingerprint density at radius 3 is 2.88 bits per heavy atom. The first kappa shape index (κ1) is 11.1. The van der Waals surface area contributed by atoms with Crippen LogP contribution in [-0.4, -0.2) is 29.9 Å². The molecule has 0 bridgehead atoms. The van der Waals surface area contributed by atoms with Crippen molar-refractivity contribution in [1.29, 1.82) is 0 Å². The van der Waals surface area contributed by atoms with Gasteiger partial charge in [0, 0.05) is 5.39 Å². The summed E-state index contributed by atoms with van der Waals surface area (Å²) in [5.41, 5.74) is 1.56. The standard InChI is InChI=1S/C12H15NO3/c1-13-10(7-14)12(15)9-2-3-11-8(6-9)4-5-16-11/h2-6,10,12-15H,7H2,1H3. The smallest absolute Gasteiger partial charge is 0.133 e. The van der Waals surface area contributed by atoms with Gasteiger partial charge in [-0.15, -0.1) is 0 Å². The van der Waals surface area contributed by atoms with Crippen LogP contribution in [0.3, 0.4) is 0 Å². The summed E-state index contributed by atoms with van der Waals surface area (Å²) in [6.07, 6.45) is 0.886. The first-order valence-electron chi connectivity index (χ1n) is 5.19. The molecule has 2 unspecified atom stereocenters. The molecule has 0 aliphatic carbocycles. The van der Waals surface area contributed by atoms with Crippen molar-refractivity contribution in [3.8, 4) is 0 Å². The van der Waals surface area contributed by atoms with Crippen LogP contribution in [0.4, 0.5) is 0 Å². The summed E-state index contributed by atoms with van der Waals surface area (Å²) < 4.78 is 5.22. The molecular formula is C12H15NO3. The quantitative estimate of drug-likeness (QED) is 0.722. The lowest BCUT2D eigenvalue weighted by Crippen LogP contribution is -2.35. The predicted octanol–water partition coefficient (Wildman–Crippen LogP) is 1.05. The van der Waals surface area contributed by atoms with E-state index in [1.807, 2.05) is 18.2 Å². The zero-order chi connectivity index (χ0) is 11.5. The molecule has 1 aromatic carbocycles. The molecule has 0 spiro atoms. The van der Waals surface area contributed by atoms with E-state index in [1.54, 1.807) is 19.4 Å². The van der Waals surface area contributed by atoms with Crippen molar-refractivity contribution in [2.45, 2.75) is 12.1 Å². The fourth-order valence-corrected chi connectivity index (χ4v) is 1.75. The van der Waals surface area contributed by atoms with Crippen LogP contribution in [0.15, 0.2) is 34.9 Å². The monoisotopic (exact) mass is 221 g/mol. The number of fused-ring (bicyclic) bond motifs is 1. The van der Waals surface area contributed by atoms with E-state index in [9.17, 15) is 5.11 Å². The van der Waals surface area contributed by atoms with Crippen LogP contribution in [-0.2, 0) is 0 Å². The molecule has 16 heavy (non-hydrogen) atoms. The molecule has 0 saturated heterocycles. The Balaban J connectivity index is 2.31. The minimum atomic E-state index is -0.728. The Kier molecular flexibility index (Phi) is 3.24. The van der Waals surface area contributed by atoms with Crippen molar-refractivity contribution >= 4 is 11.0 Å². The van der Waals surface area contributed by atoms with Gasteiger partial charge < -0.3 is 19.9 Å². The maximum Gasteiger partial charge on any atom is 0.133 e. The second kappa shape index (κ2) is 4.65. The molecule has 0 radical (unpaired) electrons. The van der Waals surface area contributed by atoms with Crippen LogP contribution in [0.2, 0.25) is 0 Å². The zero-order valence-electron chi connectivity index (χ0n) is 9.05. The number of furan rings is 1. The minimum Gasteiger partial charge on any atom is -0.464 e. The third-order valence-corrected chi connectivity index (χ3v) is 2.77. The largest absolute Gasteiger partial charge is 0.464 e. The van der Waals surface area contributed by atoms with Gasteiger partial charge in [-0.3, -0.25) is 0 Å². The molecule has 86 valence electrons. The number of aliphatic hydroxyl groups excluding tert-OH is 2. The maximum atomic E-state index is 10.0. The lowest BCUT2D eigenvalue weighted by Gasteiger charge is -2.20. The number of hydrogen-bond donors (Lipinski definition) is 3. The van der Waals surface area contributed by atoms with Crippen molar-refractivity contribution < 1.29 is 14.6 Å². The van der Waals surface area contributed by atoms with Crippen LogP contribution < -0.4 is 5.32 Å². The van der Waals surface area contributed by atoms with Gasteiger partial charge in [0.25, 0.3) is 0 Å². The van der Waals surface area contributed by atoms with Crippen molar-refractivity contribution in [3.63, 3.8) is 0 Å². The minimum absolute atomic E-state index is 0.110. The van der Waals surface area contributed by atoms with Gasteiger partial charge in [-0.05, 0) is 30.8 Å². The van der Waals surface area contributed by atoms with E-state index in [2.05, 4.69) is 5.32 Å². The molecule has 0 aliphatic rings. The molecule has 0 amide bonds. The van der Waals surface area contributed by atoms with Gasteiger partial charge in [-0.1, -0.05) is 6.07 Å². The maximum absolute atomic E-state index is 10.0. The first-order chi connectivity index (χ1) is 7.76. The van der Waals surface area contributed by atoms with Gasteiger partial charge in [0.05, 0.1) is 25.0 Å². The van der Waals surface area contributed by atoms with E-state index in [1.165, 1.54) is 0 Å². The molecule has 3 N–H and O–H groups in total. The topological polar surface area (TPSA) is 65.6 Å². The van der Waals surface area contributed by atoms with Gasteiger partial charge >= 0.3 is 0 Å². The van der Waals surface area contributed by atoms with E-state index in [4.69, 9.17) is 9.52 Å². The Hall–Kier alpha value is -1.36. The number of benzene rings is 1. The molecule has 2 atom stereocenters. The molecule has 1 aromatic heterocycles.